The molecule has 0 radical (unpaired) electrons. The van der Waals surface area contributed by atoms with Crippen LogP contribution in [-0.4, -0.2) is 44.2 Å². The van der Waals surface area contributed by atoms with Crippen LogP contribution in [0.1, 0.15) is 30.9 Å². The van der Waals surface area contributed by atoms with E-state index < -0.39 is 0 Å². The number of hydrogen-bond acceptors (Lipinski definition) is 3. The molecule has 1 aromatic carbocycles. The minimum Gasteiger partial charge on any atom is -0.369 e. The van der Waals surface area contributed by atoms with Crippen molar-refractivity contribution in [2.75, 3.05) is 44.2 Å². The molecular weight excluding hydrogens is 234 g/mol. The largest absolute Gasteiger partial charge is 0.369 e. The fourth-order valence-corrected chi connectivity index (χ4v) is 2.72. The quantitative estimate of drug-likeness (QED) is 0.902. The molecule has 0 aliphatic carbocycles. The smallest absolute Gasteiger partial charge is 0.0399 e. The van der Waals surface area contributed by atoms with Crippen LogP contribution in [0, 0.1) is 6.92 Å². The molecule has 1 aromatic rings. The van der Waals surface area contributed by atoms with Crippen LogP contribution in [-0.2, 0) is 0 Å². The molecule has 0 saturated carbocycles. The second-order valence-electron chi connectivity index (χ2n) is 5.82. The molecule has 1 aliphatic rings. The van der Waals surface area contributed by atoms with Crippen molar-refractivity contribution in [1.29, 1.82) is 0 Å². The Balaban J connectivity index is 2.08. The van der Waals surface area contributed by atoms with Gasteiger partial charge in [0.05, 0.1) is 0 Å². The van der Waals surface area contributed by atoms with Gasteiger partial charge < -0.3 is 10.6 Å². The molecule has 3 heteroatoms. The van der Waals surface area contributed by atoms with Gasteiger partial charge in [-0.1, -0.05) is 26.0 Å². The van der Waals surface area contributed by atoms with Gasteiger partial charge in [-0.25, -0.2) is 0 Å². The van der Waals surface area contributed by atoms with Gasteiger partial charge in [0.25, 0.3) is 0 Å². The van der Waals surface area contributed by atoms with Crippen LogP contribution in [0.2, 0.25) is 0 Å². The molecule has 0 aromatic heterocycles. The lowest BCUT2D eigenvalue weighted by Gasteiger charge is -2.37. The maximum absolute atomic E-state index is 5.63. The van der Waals surface area contributed by atoms with Gasteiger partial charge in [0, 0.05) is 45.0 Å². The lowest BCUT2D eigenvalue weighted by Crippen LogP contribution is -2.48. The first-order valence-electron chi connectivity index (χ1n) is 7.39. The number of hydrogen-bond donors (Lipinski definition) is 1. The van der Waals surface area contributed by atoms with E-state index in [1.54, 1.807) is 0 Å². The van der Waals surface area contributed by atoms with E-state index >= 15 is 0 Å². The van der Waals surface area contributed by atoms with E-state index in [1.165, 1.54) is 16.8 Å². The Bertz CT molecular complexity index is 406. The monoisotopic (exact) mass is 261 g/mol. The van der Waals surface area contributed by atoms with E-state index in [-0.39, 0.29) is 0 Å². The molecule has 19 heavy (non-hydrogen) atoms. The number of piperazine rings is 1. The average molecular weight is 261 g/mol. The molecule has 2 N–H and O–H groups in total. The Kier molecular flexibility index (Phi) is 4.83. The zero-order chi connectivity index (χ0) is 13.8. The van der Waals surface area contributed by atoms with Gasteiger partial charge in [-0.15, -0.1) is 0 Å². The highest BCUT2D eigenvalue weighted by molar-refractivity contribution is 5.55. The van der Waals surface area contributed by atoms with Gasteiger partial charge in [-0.2, -0.15) is 0 Å². The SMILES string of the molecule is Cc1ccc(C(C)C)cc1N1CCN(CCN)CC1. The molecule has 1 saturated heterocycles. The first kappa shape index (κ1) is 14.4. The number of benzene rings is 1. The molecule has 0 amide bonds. The summed E-state index contributed by atoms with van der Waals surface area (Å²) < 4.78 is 0. The topological polar surface area (TPSA) is 32.5 Å². The predicted molar refractivity (Wildman–Crippen MR) is 83.0 cm³/mol. The van der Waals surface area contributed by atoms with E-state index in [1.807, 2.05) is 0 Å². The van der Waals surface area contributed by atoms with Gasteiger partial charge in [0.1, 0.15) is 0 Å². The Morgan fingerprint density at radius 1 is 1.16 bits per heavy atom. The Morgan fingerprint density at radius 2 is 1.84 bits per heavy atom. The van der Waals surface area contributed by atoms with Gasteiger partial charge in [-0.3, -0.25) is 4.90 Å². The molecule has 0 spiro atoms. The third-order valence-corrected chi connectivity index (χ3v) is 4.06. The van der Waals surface area contributed by atoms with Crippen LogP contribution in [0.5, 0.6) is 0 Å². The number of nitrogens with two attached hydrogens (primary N) is 1. The summed E-state index contributed by atoms with van der Waals surface area (Å²) in [4.78, 5) is 4.98. The van der Waals surface area contributed by atoms with E-state index in [0.717, 1.165) is 39.3 Å². The van der Waals surface area contributed by atoms with Crippen molar-refractivity contribution in [3.63, 3.8) is 0 Å². The van der Waals surface area contributed by atoms with Crippen molar-refractivity contribution in [3.8, 4) is 0 Å². The summed E-state index contributed by atoms with van der Waals surface area (Å²) >= 11 is 0. The third-order valence-electron chi connectivity index (χ3n) is 4.06. The van der Waals surface area contributed by atoms with E-state index in [2.05, 4.69) is 48.8 Å². The lowest BCUT2D eigenvalue weighted by atomic mass is 10.00. The summed E-state index contributed by atoms with van der Waals surface area (Å²) in [6.45, 7) is 13.0. The molecular formula is C16H27N3. The number of anilines is 1. The summed E-state index contributed by atoms with van der Waals surface area (Å²) in [6.07, 6.45) is 0. The summed E-state index contributed by atoms with van der Waals surface area (Å²) in [5.41, 5.74) is 9.86. The minimum absolute atomic E-state index is 0.595. The van der Waals surface area contributed by atoms with Crippen molar-refractivity contribution < 1.29 is 0 Å². The molecule has 0 atom stereocenters. The Morgan fingerprint density at radius 3 is 2.42 bits per heavy atom. The van der Waals surface area contributed by atoms with Crippen LogP contribution in [0.15, 0.2) is 18.2 Å². The predicted octanol–water partition coefficient (Wildman–Crippen LogP) is 2.20. The normalized spacial score (nSPS) is 17.2. The lowest BCUT2D eigenvalue weighted by molar-refractivity contribution is 0.265. The maximum Gasteiger partial charge on any atom is 0.0399 e. The van der Waals surface area contributed by atoms with Crippen molar-refractivity contribution >= 4 is 5.69 Å². The molecule has 106 valence electrons. The first-order valence-corrected chi connectivity index (χ1v) is 7.39. The van der Waals surface area contributed by atoms with Crippen molar-refractivity contribution in [2.45, 2.75) is 26.7 Å². The number of nitrogens with zero attached hydrogens (tertiary/aromatic N) is 2. The van der Waals surface area contributed by atoms with E-state index in [0.29, 0.717) is 5.92 Å². The zero-order valence-electron chi connectivity index (χ0n) is 12.5. The van der Waals surface area contributed by atoms with Gasteiger partial charge >= 0.3 is 0 Å². The zero-order valence-corrected chi connectivity index (χ0v) is 12.5. The summed E-state index contributed by atoms with van der Waals surface area (Å²) in [5.74, 6) is 0.595. The fraction of sp³-hybridized carbons (Fsp3) is 0.625. The molecule has 1 fully saturated rings. The number of rotatable bonds is 4. The summed E-state index contributed by atoms with van der Waals surface area (Å²) in [7, 11) is 0. The molecule has 0 bridgehead atoms. The van der Waals surface area contributed by atoms with Crippen LogP contribution >= 0.6 is 0 Å². The molecule has 3 nitrogen and oxygen atoms in total. The summed E-state index contributed by atoms with van der Waals surface area (Å²) in [5, 5.41) is 0. The van der Waals surface area contributed by atoms with Gasteiger partial charge in [0.15, 0.2) is 0 Å². The standard InChI is InChI=1S/C16H27N3/c1-13(2)15-5-4-14(3)16(12-15)19-10-8-18(7-6-17)9-11-19/h4-5,12-13H,6-11,17H2,1-3H3. The van der Waals surface area contributed by atoms with Crippen molar-refractivity contribution in [2.24, 2.45) is 5.73 Å². The highest BCUT2D eigenvalue weighted by Gasteiger charge is 2.18. The molecule has 1 heterocycles. The van der Waals surface area contributed by atoms with E-state index in [4.69, 9.17) is 5.73 Å². The summed E-state index contributed by atoms with van der Waals surface area (Å²) in [6, 6.07) is 6.89. The third kappa shape index (κ3) is 3.48. The first-order chi connectivity index (χ1) is 9.11. The average Bonchev–Trinajstić information content (AvgIpc) is 2.40. The Hall–Kier alpha value is -1.06. The Labute approximate surface area is 117 Å². The minimum atomic E-state index is 0.595. The second-order valence-corrected chi connectivity index (χ2v) is 5.82. The molecule has 2 rings (SSSR count). The van der Waals surface area contributed by atoms with Crippen LogP contribution in [0.4, 0.5) is 5.69 Å². The maximum atomic E-state index is 5.63. The van der Waals surface area contributed by atoms with Crippen LogP contribution in [0.25, 0.3) is 0 Å². The molecule has 1 aliphatic heterocycles. The van der Waals surface area contributed by atoms with Gasteiger partial charge in [-0.05, 0) is 30.0 Å². The molecule has 0 unspecified atom stereocenters. The van der Waals surface area contributed by atoms with Crippen molar-refractivity contribution in [3.05, 3.63) is 29.3 Å². The highest BCUT2D eigenvalue weighted by Crippen LogP contribution is 2.26. The van der Waals surface area contributed by atoms with E-state index in [9.17, 15) is 0 Å². The second kappa shape index (κ2) is 6.40. The van der Waals surface area contributed by atoms with Gasteiger partial charge in [0.2, 0.25) is 0 Å². The van der Waals surface area contributed by atoms with Crippen molar-refractivity contribution in [1.82, 2.24) is 4.90 Å². The van der Waals surface area contributed by atoms with Crippen LogP contribution < -0.4 is 10.6 Å². The fourth-order valence-electron chi connectivity index (χ4n) is 2.72. The highest BCUT2D eigenvalue weighted by atomic mass is 15.3. The number of aryl methyl sites for hydroxylation is 1. The van der Waals surface area contributed by atoms with Crippen LogP contribution in [0.3, 0.4) is 0 Å².